The topological polar surface area (TPSA) is 83.6 Å². The fourth-order valence-corrected chi connectivity index (χ4v) is 2.54. The minimum absolute atomic E-state index is 0.156. The number of anilines is 1. The summed E-state index contributed by atoms with van der Waals surface area (Å²) in [7, 11) is 3.30. The largest absolute Gasteiger partial charge is 0.495 e. The van der Waals surface area contributed by atoms with Crippen molar-refractivity contribution in [2.45, 2.75) is 39.8 Å². The lowest BCUT2D eigenvalue weighted by atomic mass is 10.1. The monoisotopic (exact) mass is 384 g/mol. The third-order valence-corrected chi connectivity index (χ3v) is 4.00. The number of aryl methyl sites for hydroxylation is 1. The summed E-state index contributed by atoms with van der Waals surface area (Å²) in [5.41, 5.74) is 2.37. The summed E-state index contributed by atoms with van der Waals surface area (Å²) in [4.78, 5) is 30.8. The number of carbonyl (C=O) groups excluding carboxylic acids is 2. The van der Waals surface area contributed by atoms with Gasteiger partial charge in [0.05, 0.1) is 25.5 Å². The fourth-order valence-electron chi connectivity index (χ4n) is 2.54. The van der Waals surface area contributed by atoms with Gasteiger partial charge in [-0.3, -0.25) is 9.78 Å². The van der Waals surface area contributed by atoms with Gasteiger partial charge in [-0.05, 0) is 57.5 Å². The van der Waals surface area contributed by atoms with Crippen molar-refractivity contribution in [3.8, 4) is 5.75 Å². The summed E-state index contributed by atoms with van der Waals surface area (Å²) >= 11 is 0. The third-order valence-electron chi connectivity index (χ3n) is 4.00. The molecular weight excluding hydrogens is 356 g/mol. The first-order chi connectivity index (χ1) is 13.1. The molecule has 0 atom stereocenters. The molecule has 0 aliphatic heterocycles. The van der Waals surface area contributed by atoms with Crippen molar-refractivity contribution in [3.63, 3.8) is 0 Å². The van der Waals surface area contributed by atoms with Crippen LogP contribution < -0.4 is 15.4 Å². The van der Waals surface area contributed by atoms with Crippen molar-refractivity contribution in [2.75, 3.05) is 19.5 Å². The van der Waals surface area contributed by atoms with E-state index in [1.165, 1.54) is 0 Å². The highest BCUT2D eigenvalue weighted by Crippen LogP contribution is 2.19. The minimum atomic E-state index is -0.350. The first-order valence-electron chi connectivity index (χ1n) is 9.03. The Labute approximate surface area is 166 Å². The van der Waals surface area contributed by atoms with Crippen LogP contribution in [0.3, 0.4) is 0 Å². The molecule has 1 aromatic heterocycles. The maximum atomic E-state index is 12.8. The van der Waals surface area contributed by atoms with Crippen LogP contribution in [0, 0.1) is 6.92 Å². The third kappa shape index (κ3) is 5.97. The molecule has 2 rings (SSSR count). The molecule has 2 aromatic rings. The van der Waals surface area contributed by atoms with Crippen molar-refractivity contribution in [1.29, 1.82) is 0 Å². The van der Waals surface area contributed by atoms with E-state index in [1.807, 2.05) is 45.9 Å². The Morgan fingerprint density at radius 3 is 2.46 bits per heavy atom. The van der Waals surface area contributed by atoms with E-state index in [4.69, 9.17) is 4.74 Å². The van der Waals surface area contributed by atoms with Gasteiger partial charge in [-0.2, -0.15) is 0 Å². The zero-order valence-corrected chi connectivity index (χ0v) is 17.3. The van der Waals surface area contributed by atoms with E-state index < -0.39 is 0 Å². The number of benzene rings is 1. The summed E-state index contributed by atoms with van der Waals surface area (Å²) in [6.45, 7) is 7.96. The molecule has 0 unspecified atom stereocenters. The van der Waals surface area contributed by atoms with Gasteiger partial charge in [0.1, 0.15) is 5.75 Å². The van der Waals surface area contributed by atoms with Crippen molar-refractivity contribution in [1.82, 2.24) is 15.2 Å². The predicted molar refractivity (Wildman–Crippen MR) is 110 cm³/mol. The number of nitrogens with one attached hydrogen (secondary N) is 2. The van der Waals surface area contributed by atoms with E-state index in [9.17, 15) is 9.59 Å². The van der Waals surface area contributed by atoms with Crippen molar-refractivity contribution >= 4 is 17.6 Å². The minimum Gasteiger partial charge on any atom is -0.495 e. The maximum absolute atomic E-state index is 12.8. The molecule has 1 aromatic carbocycles. The SMILES string of the molecule is COc1ccc(CN(C)C(=O)c2ccc(C)c(NC(=O)NC(C)(C)C)c2)nc1. The molecule has 3 amide bonds. The average Bonchev–Trinajstić information content (AvgIpc) is 2.62. The summed E-state index contributed by atoms with van der Waals surface area (Å²) in [6.07, 6.45) is 1.62. The lowest BCUT2D eigenvalue weighted by molar-refractivity contribution is 0.0783. The van der Waals surface area contributed by atoms with Gasteiger partial charge < -0.3 is 20.3 Å². The van der Waals surface area contributed by atoms with Crippen molar-refractivity contribution < 1.29 is 14.3 Å². The number of hydrogen-bond acceptors (Lipinski definition) is 4. The van der Waals surface area contributed by atoms with E-state index >= 15 is 0 Å². The zero-order chi connectivity index (χ0) is 20.9. The smallest absolute Gasteiger partial charge is 0.319 e. The molecule has 7 nitrogen and oxygen atoms in total. The summed E-state index contributed by atoms with van der Waals surface area (Å²) in [6, 6.07) is 8.58. The van der Waals surface area contributed by atoms with Gasteiger partial charge in [0.2, 0.25) is 0 Å². The highest BCUT2D eigenvalue weighted by atomic mass is 16.5. The number of rotatable bonds is 5. The average molecular weight is 384 g/mol. The molecule has 0 saturated carbocycles. The van der Waals surface area contributed by atoms with Crippen LogP contribution in [0.15, 0.2) is 36.5 Å². The van der Waals surface area contributed by atoms with Crippen LogP contribution in [0.1, 0.15) is 42.4 Å². The van der Waals surface area contributed by atoms with Crippen LogP contribution in [0.4, 0.5) is 10.5 Å². The molecule has 2 N–H and O–H groups in total. The Kier molecular flexibility index (Phi) is 6.62. The summed E-state index contributed by atoms with van der Waals surface area (Å²) in [5.74, 6) is 0.511. The first-order valence-corrected chi connectivity index (χ1v) is 9.03. The second kappa shape index (κ2) is 8.73. The molecule has 0 aliphatic rings. The van der Waals surface area contributed by atoms with Crippen LogP contribution in [0.5, 0.6) is 5.75 Å². The highest BCUT2D eigenvalue weighted by Gasteiger charge is 2.17. The van der Waals surface area contributed by atoms with Crippen molar-refractivity contribution in [3.05, 3.63) is 53.3 Å². The highest BCUT2D eigenvalue weighted by molar-refractivity contribution is 5.97. The molecule has 7 heteroatoms. The Balaban J connectivity index is 2.10. The molecular formula is C21H28N4O3. The number of hydrogen-bond donors (Lipinski definition) is 2. The van der Waals surface area contributed by atoms with Crippen LogP contribution in [0.25, 0.3) is 0 Å². The lowest BCUT2D eigenvalue weighted by Gasteiger charge is -2.22. The lowest BCUT2D eigenvalue weighted by Crippen LogP contribution is -2.43. The second-order valence-corrected chi connectivity index (χ2v) is 7.71. The Hall–Kier alpha value is -3.09. The number of aromatic nitrogens is 1. The molecule has 0 radical (unpaired) electrons. The van der Waals surface area contributed by atoms with Gasteiger partial charge in [0.25, 0.3) is 5.91 Å². The van der Waals surface area contributed by atoms with Gasteiger partial charge >= 0.3 is 6.03 Å². The second-order valence-electron chi connectivity index (χ2n) is 7.71. The van der Waals surface area contributed by atoms with Crippen LogP contribution >= 0.6 is 0 Å². The molecule has 28 heavy (non-hydrogen) atoms. The summed E-state index contributed by atoms with van der Waals surface area (Å²) in [5, 5.41) is 5.66. The van der Waals surface area contributed by atoms with E-state index in [2.05, 4.69) is 15.6 Å². The maximum Gasteiger partial charge on any atom is 0.319 e. The Bertz CT molecular complexity index is 842. The number of ether oxygens (including phenoxy) is 1. The normalized spacial score (nSPS) is 10.9. The van der Waals surface area contributed by atoms with Gasteiger partial charge in [-0.15, -0.1) is 0 Å². The quantitative estimate of drug-likeness (QED) is 0.825. The van der Waals surface area contributed by atoms with Gasteiger partial charge in [-0.25, -0.2) is 4.79 Å². The zero-order valence-electron chi connectivity index (χ0n) is 17.3. The molecule has 0 aliphatic carbocycles. The van der Waals surface area contributed by atoms with Gasteiger partial charge in [0.15, 0.2) is 0 Å². The fraction of sp³-hybridized carbons (Fsp3) is 0.381. The van der Waals surface area contributed by atoms with Crippen molar-refractivity contribution in [2.24, 2.45) is 0 Å². The van der Waals surface area contributed by atoms with E-state index in [1.54, 1.807) is 37.4 Å². The van der Waals surface area contributed by atoms with Gasteiger partial charge in [0, 0.05) is 23.8 Å². The Morgan fingerprint density at radius 1 is 1.18 bits per heavy atom. The van der Waals surface area contributed by atoms with E-state index in [-0.39, 0.29) is 17.5 Å². The van der Waals surface area contributed by atoms with Crippen LogP contribution in [0.2, 0.25) is 0 Å². The number of pyridine rings is 1. The van der Waals surface area contributed by atoms with Crippen LogP contribution in [-0.4, -0.2) is 41.5 Å². The molecule has 0 saturated heterocycles. The molecule has 150 valence electrons. The van der Waals surface area contributed by atoms with Crippen LogP contribution in [-0.2, 0) is 6.54 Å². The van der Waals surface area contributed by atoms with Gasteiger partial charge in [-0.1, -0.05) is 6.07 Å². The summed E-state index contributed by atoms with van der Waals surface area (Å²) < 4.78 is 5.09. The molecule has 1 heterocycles. The van der Waals surface area contributed by atoms with E-state index in [0.29, 0.717) is 23.5 Å². The number of nitrogens with zero attached hydrogens (tertiary/aromatic N) is 2. The number of carbonyl (C=O) groups is 2. The molecule has 0 bridgehead atoms. The van der Waals surface area contributed by atoms with E-state index in [0.717, 1.165) is 11.3 Å². The number of amides is 3. The Morgan fingerprint density at radius 2 is 1.89 bits per heavy atom. The molecule has 0 fully saturated rings. The number of urea groups is 1. The predicted octanol–water partition coefficient (Wildman–Crippen LogP) is 3.59. The standard InChI is InChI=1S/C21H28N4O3/c1-14-7-8-15(11-18(14)23-20(27)24-21(2,3)4)19(26)25(5)13-16-9-10-17(28-6)12-22-16/h7-12H,13H2,1-6H3,(H2,23,24,27). The first kappa shape index (κ1) is 21.2. The number of methoxy groups -OCH3 is 1. The molecule has 0 spiro atoms.